The number of carbonyl (C=O) groups excluding carboxylic acids is 1. The van der Waals surface area contributed by atoms with Crippen molar-refractivity contribution in [3.63, 3.8) is 0 Å². The summed E-state index contributed by atoms with van der Waals surface area (Å²) >= 11 is 0. The van der Waals surface area contributed by atoms with Gasteiger partial charge in [-0.2, -0.15) is 0 Å². The van der Waals surface area contributed by atoms with Gasteiger partial charge in [-0.25, -0.2) is 0 Å². The maximum atomic E-state index is 9.59. The van der Waals surface area contributed by atoms with E-state index >= 15 is 0 Å². The smallest absolute Gasteiger partial charge is 0.293 e. The molecule has 0 fully saturated rings. The molecular weight excluding hydrogens is 116 g/mol. The van der Waals surface area contributed by atoms with Gasteiger partial charge in [-0.15, -0.1) is 0 Å². The number of allylic oxidation sites excluding steroid dienone is 1. The summed E-state index contributed by atoms with van der Waals surface area (Å²) in [5.41, 5.74) is 0. The second kappa shape index (κ2) is 5.35. The third kappa shape index (κ3) is 7.21. The second-order valence-corrected chi connectivity index (χ2v) is 2.10. The molecule has 0 saturated carbocycles. The van der Waals surface area contributed by atoms with Gasteiger partial charge in [0, 0.05) is 0 Å². The molecule has 0 radical (unpaired) electrons. The summed E-state index contributed by atoms with van der Waals surface area (Å²) in [6, 6.07) is 0. The van der Waals surface area contributed by atoms with Crippen LogP contribution in [0.2, 0.25) is 0 Å². The van der Waals surface area contributed by atoms with Crippen LogP contribution >= 0.6 is 0 Å². The van der Waals surface area contributed by atoms with Crippen molar-refractivity contribution in [2.24, 2.45) is 5.92 Å². The van der Waals surface area contributed by atoms with Gasteiger partial charge in [-0.3, -0.25) is 4.79 Å². The van der Waals surface area contributed by atoms with Gasteiger partial charge in [-0.05, 0) is 5.92 Å². The minimum absolute atomic E-state index is 0.391. The summed E-state index contributed by atoms with van der Waals surface area (Å²) in [6.07, 6.45) is 3.82. The molecule has 0 atom stereocenters. The summed E-state index contributed by atoms with van der Waals surface area (Å²) < 4.78 is 4.42. The van der Waals surface area contributed by atoms with E-state index in [4.69, 9.17) is 0 Å². The lowest BCUT2D eigenvalue weighted by atomic mass is 10.2. The first-order chi connectivity index (χ1) is 4.27. The van der Waals surface area contributed by atoms with Gasteiger partial charge < -0.3 is 4.74 Å². The van der Waals surface area contributed by atoms with E-state index in [0.29, 0.717) is 19.0 Å². The predicted octanol–water partition coefficient (Wildman–Crippen LogP) is 1.37. The van der Waals surface area contributed by atoms with E-state index in [1.807, 2.05) is 12.2 Å². The zero-order chi connectivity index (χ0) is 7.11. The number of ether oxygens (including phenoxy) is 1. The van der Waals surface area contributed by atoms with E-state index in [9.17, 15) is 4.79 Å². The molecule has 0 aliphatic rings. The van der Waals surface area contributed by atoms with Crippen LogP contribution in [0.5, 0.6) is 0 Å². The number of hydrogen-bond donors (Lipinski definition) is 0. The molecule has 9 heavy (non-hydrogen) atoms. The quantitative estimate of drug-likeness (QED) is 0.325. The van der Waals surface area contributed by atoms with E-state index in [1.165, 1.54) is 0 Å². The lowest BCUT2D eigenvalue weighted by Gasteiger charge is -1.92. The topological polar surface area (TPSA) is 26.3 Å². The SMILES string of the molecule is CC(C)C=CCOC=O. The van der Waals surface area contributed by atoms with Gasteiger partial charge in [0.05, 0.1) is 0 Å². The zero-order valence-electron chi connectivity index (χ0n) is 5.83. The second-order valence-electron chi connectivity index (χ2n) is 2.10. The van der Waals surface area contributed by atoms with E-state index < -0.39 is 0 Å². The van der Waals surface area contributed by atoms with Crippen molar-refractivity contribution >= 4 is 6.47 Å². The average Bonchev–Trinajstić information content (AvgIpc) is 1.80. The van der Waals surface area contributed by atoms with Gasteiger partial charge in [-0.1, -0.05) is 26.0 Å². The molecule has 0 aromatic carbocycles. The van der Waals surface area contributed by atoms with Crippen LogP contribution in [0.25, 0.3) is 0 Å². The number of carbonyl (C=O) groups is 1. The normalized spacial score (nSPS) is 10.6. The van der Waals surface area contributed by atoms with Crippen molar-refractivity contribution in [2.75, 3.05) is 6.61 Å². The molecule has 0 spiro atoms. The lowest BCUT2D eigenvalue weighted by molar-refractivity contribution is -0.127. The summed E-state index contributed by atoms with van der Waals surface area (Å²) in [5, 5.41) is 0. The fourth-order valence-electron chi connectivity index (χ4n) is 0.423. The van der Waals surface area contributed by atoms with Crippen LogP contribution in [-0.2, 0) is 9.53 Å². The molecule has 0 aromatic heterocycles. The molecule has 0 N–H and O–H groups in total. The zero-order valence-corrected chi connectivity index (χ0v) is 5.83. The Morgan fingerprint density at radius 3 is 2.67 bits per heavy atom. The standard InChI is InChI=1S/C7H12O2/c1-7(2)4-3-5-9-6-8/h3-4,6-7H,5H2,1-2H3. The third-order valence-corrected chi connectivity index (χ3v) is 0.781. The first-order valence-electron chi connectivity index (χ1n) is 2.99. The van der Waals surface area contributed by atoms with Gasteiger partial charge in [0.1, 0.15) is 6.61 Å². The Kier molecular flexibility index (Phi) is 4.88. The Labute approximate surface area is 55.5 Å². The van der Waals surface area contributed by atoms with Gasteiger partial charge in [0.15, 0.2) is 0 Å². The van der Waals surface area contributed by atoms with Crippen LogP contribution in [0, 0.1) is 5.92 Å². The molecule has 0 bridgehead atoms. The molecule has 2 nitrogen and oxygen atoms in total. The molecule has 0 aliphatic heterocycles. The highest BCUT2D eigenvalue weighted by Gasteiger charge is 1.81. The van der Waals surface area contributed by atoms with E-state index in [-0.39, 0.29) is 0 Å². The molecule has 0 heterocycles. The Morgan fingerprint density at radius 2 is 2.22 bits per heavy atom. The predicted molar refractivity (Wildman–Crippen MR) is 36.0 cm³/mol. The van der Waals surface area contributed by atoms with Crippen molar-refractivity contribution in [3.05, 3.63) is 12.2 Å². The molecule has 0 saturated heterocycles. The maximum absolute atomic E-state index is 9.59. The minimum Gasteiger partial charge on any atom is -0.464 e. The van der Waals surface area contributed by atoms with Crippen LogP contribution in [-0.4, -0.2) is 13.1 Å². The fourth-order valence-corrected chi connectivity index (χ4v) is 0.423. The molecule has 0 rings (SSSR count). The Bertz CT molecular complexity index is 95.1. The summed E-state index contributed by atoms with van der Waals surface area (Å²) in [6.45, 7) is 4.97. The van der Waals surface area contributed by atoms with Gasteiger partial charge >= 0.3 is 0 Å². The van der Waals surface area contributed by atoms with Gasteiger partial charge in [0.2, 0.25) is 0 Å². The van der Waals surface area contributed by atoms with Crippen molar-refractivity contribution in [1.29, 1.82) is 0 Å². The molecule has 2 heteroatoms. The lowest BCUT2D eigenvalue weighted by Crippen LogP contribution is -1.87. The van der Waals surface area contributed by atoms with Crippen molar-refractivity contribution in [1.82, 2.24) is 0 Å². The molecule has 0 aromatic rings. The van der Waals surface area contributed by atoms with Gasteiger partial charge in [0.25, 0.3) is 6.47 Å². The van der Waals surface area contributed by atoms with Crippen LogP contribution in [0.15, 0.2) is 12.2 Å². The van der Waals surface area contributed by atoms with Crippen LogP contribution in [0.4, 0.5) is 0 Å². The largest absolute Gasteiger partial charge is 0.464 e. The molecule has 0 unspecified atom stereocenters. The fraction of sp³-hybridized carbons (Fsp3) is 0.571. The van der Waals surface area contributed by atoms with Crippen molar-refractivity contribution in [2.45, 2.75) is 13.8 Å². The van der Waals surface area contributed by atoms with Crippen molar-refractivity contribution < 1.29 is 9.53 Å². The summed E-state index contributed by atoms with van der Waals surface area (Å²) in [7, 11) is 0. The molecular formula is C7H12O2. The monoisotopic (exact) mass is 128 g/mol. The van der Waals surface area contributed by atoms with E-state index in [0.717, 1.165) is 0 Å². The summed E-state index contributed by atoms with van der Waals surface area (Å²) in [4.78, 5) is 9.59. The number of hydrogen-bond acceptors (Lipinski definition) is 2. The average molecular weight is 128 g/mol. The molecule has 0 amide bonds. The third-order valence-electron chi connectivity index (χ3n) is 0.781. The highest BCUT2D eigenvalue weighted by Crippen LogP contribution is 1.91. The van der Waals surface area contributed by atoms with Crippen LogP contribution in [0.1, 0.15) is 13.8 Å². The first-order valence-corrected chi connectivity index (χ1v) is 2.99. The maximum Gasteiger partial charge on any atom is 0.293 e. The molecule has 52 valence electrons. The van der Waals surface area contributed by atoms with Crippen LogP contribution in [0.3, 0.4) is 0 Å². The minimum atomic E-state index is 0.391. The highest BCUT2D eigenvalue weighted by atomic mass is 16.5. The Morgan fingerprint density at radius 1 is 1.56 bits per heavy atom. The summed E-state index contributed by atoms with van der Waals surface area (Å²) in [5.74, 6) is 0.528. The first kappa shape index (κ1) is 8.21. The van der Waals surface area contributed by atoms with Crippen molar-refractivity contribution in [3.8, 4) is 0 Å². The number of rotatable bonds is 4. The van der Waals surface area contributed by atoms with E-state index in [1.54, 1.807) is 0 Å². The Hall–Kier alpha value is -0.790. The highest BCUT2D eigenvalue weighted by molar-refractivity contribution is 5.37. The Balaban J connectivity index is 3.14. The van der Waals surface area contributed by atoms with E-state index in [2.05, 4.69) is 18.6 Å². The molecule has 0 aliphatic carbocycles. The van der Waals surface area contributed by atoms with Crippen LogP contribution < -0.4 is 0 Å².